The van der Waals surface area contributed by atoms with Crippen molar-refractivity contribution in [3.63, 3.8) is 0 Å². The van der Waals surface area contributed by atoms with E-state index in [9.17, 15) is 5.26 Å². The van der Waals surface area contributed by atoms with Gasteiger partial charge in [0.25, 0.3) is 0 Å². The Morgan fingerprint density at radius 3 is 1.31 bits per heavy atom. The molecule has 0 N–H and O–H groups in total. The zero-order valence-corrected chi connectivity index (χ0v) is 35.1. The fourth-order valence-corrected chi connectivity index (χ4v) is 8.86. The van der Waals surface area contributed by atoms with E-state index in [0.29, 0.717) is 17.1 Å². The SMILES string of the molecule is [C-]#[N+]c1ccc(-c2cc(-c3cc(-c4ccccc4)nc(-c4ccccc4)n3)cc(-c3ccc(C#N)cc3)c2-n2c3ccc(-c4ccccc4)cc3c3cc(-c4ccccc4)ccc32)cc1. The molecule has 0 aliphatic rings. The normalized spacial score (nSPS) is 11.0. The van der Waals surface area contributed by atoms with Crippen molar-refractivity contribution >= 4 is 27.5 Å². The van der Waals surface area contributed by atoms with Crippen LogP contribution in [0.2, 0.25) is 0 Å². The molecule has 0 saturated carbocycles. The summed E-state index contributed by atoms with van der Waals surface area (Å²) in [7, 11) is 0. The average molecular weight is 828 g/mol. The van der Waals surface area contributed by atoms with Crippen molar-refractivity contribution < 1.29 is 0 Å². The van der Waals surface area contributed by atoms with E-state index < -0.39 is 0 Å². The molecule has 302 valence electrons. The van der Waals surface area contributed by atoms with Gasteiger partial charge in [-0.15, -0.1) is 0 Å². The molecule has 0 spiro atoms. The first-order valence-corrected chi connectivity index (χ1v) is 21.5. The lowest BCUT2D eigenvalue weighted by molar-refractivity contribution is 1.17. The van der Waals surface area contributed by atoms with Crippen molar-refractivity contribution in [2.75, 3.05) is 0 Å². The van der Waals surface area contributed by atoms with E-state index in [1.54, 1.807) is 0 Å². The number of nitrogens with zero attached hydrogens (tertiary/aromatic N) is 5. The minimum Gasteiger partial charge on any atom is -0.308 e. The maximum atomic E-state index is 9.93. The highest BCUT2D eigenvalue weighted by Gasteiger charge is 2.24. The average Bonchev–Trinajstić information content (AvgIpc) is 3.71. The zero-order valence-electron chi connectivity index (χ0n) is 35.1. The predicted octanol–water partition coefficient (Wildman–Crippen LogP) is 15.7. The maximum absolute atomic E-state index is 9.93. The zero-order chi connectivity index (χ0) is 43.7. The Labute approximate surface area is 377 Å². The Balaban J connectivity index is 1.26. The second kappa shape index (κ2) is 16.6. The molecule has 0 unspecified atom stereocenters. The summed E-state index contributed by atoms with van der Waals surface area (Å²) in [4.78, 5) is 14.2. The van der Waals surface area contributed by atoms with Gasteiger partial charge in [-0.2, -0.15) is 5.26 Å². The summed E-state index contributed by atoms with van der Waals surface area (Å²) < 4.78 is 2.40. The molecule has 0 aliphatic carbocycles. The number of benzene rings is 9. The summed E-state index contributed by atoms with van der Waals surface area (Å²) in [5, 5.41) is 12.2. The van der Waals surface area contributed by atoms with Crippen molar-refractivity contribution in [2.45, 2.75) is 0 Å². The Kier molecular flexibility index (Phi) is 9.90. The smallest absolute Gasteiger partial charge is 0.187 e. The van der Waals surface area contributed by atoms with Crippen LogP contribution >= 0.6 is 0 Å². The van der Waals surface area contributed by atoms with Gasteiger partial charge in [0.15, 0.2) is 11.5 Å². The highest BCUT2D eigenvalue weighted by molar-refractivity contribution is 6.13. The summed E-state index contributed by atoms with van der Waals surface area (Å²) in [5.74, 6) is 0.625. The Morgan fingerprint density at radius 2 is 0.831 bits per heavy atom. The number of hydrogen-bond acceptors (Lipinski definition) is 3. The van der Waals surface area contributed by atoms with Gasteiger partial charge < -0.3 is 4.57 Å². The standard InChI is InChI=1S/C60H37N5/c1-62-50-30-26-44(27-31-50)52-37-49(56-38-55(45-18-10-4-11-19-45)63-60(64-56)46-20-12-5-13-21-46)36-51(43-24-22-40(39-61)23-25-43)59(52)65-57-32-28-47(41-14-6-2-7-15-41)34-53(57)54-35-48(29-33-58(54)65)42-16-8-3-9-17-42/h2-38H. The van der Waals surface area contributed by atoms with Gasteiger partial charge >= 0.3 is 0 Å². The van der Waals surface area contributed by atoms with Gasteiger partial charge in [-0.3, -0.25) is 0 Å². The van der Waals surface area contributed by atoms with Crippen molar-refractivity contribution in [3.8, 4) is 90.2 Å². The van der Waals surface area contributed by atoms with Crippen molar-refractivity contribution in [1.82, 2.24) is 14.5 Å². The number of rotatable bonds is 8. The molecule has 11 rings (SSSR count). The molecule has 0 aliphatic heterocycles. The van der Waals surface area contributed by atoms with Crippen LogP contribution in [-0.4, -0.2) is 14.5 Å². The molecule has 0 saturated heterocycles. The minimum absolute atomic E-state index is 0.563. The Bertz CT molecular complexity index is 3390. The lowest BCUT2D eigenvalue weighted by atomic mass is 9.91. The molecule has 0 bridgehead atoms. The van der Waals surface area contributed by atoms with Crippen LogP contribution in [0.3, 0.4) is 0 Å². The van der Waals surface area contributed by atoms with Crippen LogP contribution in [-0.2, 0) is 0 Å². The first-order valence-electron chi connectivity index (χ1n) is 21.5. The molecule has 0 fully saturated rings. The van der Waals surface area contributed by atoms with Gasteiger partial charge in [0.2, 0.25) is 0 Å². The molecule has 0 radical (unpaired) electrons. The van der Waals surface area contributed by atoms with Crippen LogP contribution in [0.25, 0.3) is 111 Å². The maximum Gasteiger partial charge on any atom is 0.187 e. The number of hydrogen-bond donors (Lipinski definition) is 0. The van der Waals surface area contributed by atoms with E-state index in [2.05, 4.69) is 131 Å². The molecule has 65 heavy (non-hydrogen) atoms. The highest BCUT2D eigenvalue weighted by atomic mass is 15.0. The van der Waals surface area contributed by atoms with Crippen LogP contribution in [0.1, 0.15) is 5.56 Å². The minimum atomic E-state index is 0.563. The van der Waals surface area contributed by atoms with E-state index in [4.69, 9.17) is 16.5 Å². The molecule has 0 amide bonds. The number of nitriles is 1. The van der Waals surface area contributed by atoms with Gasteiger partial charge in [0, 0.05) is 38.6 Å². The molecule has 9 aromatic carbocycles. The Hall–Kier alpha value is -9.16. The van der Waals surface area contributed by atoms with Crippen molar-refractivity contribution in [3.05, 3.63) is 241 Å². The first kappa shape index (κ1) is 38.7. The lowest BCUT2D eigenvalue weighted by Gasteiger charge is -2.21. The lowest BCUT2D eigenvalue weighted by Crippen LogP contribution is -2.03. The fraction of sp³-hybridized carbons (Fsp3) is 0. The second-order valence-electron chi connectivity index (χ2n) is 16.0. The third-order valence-electron chi connectivity index (χ3n) is 12.1. The molecule has 5 nitrogen and oxygen atoms in total. The summed E-state index contributed by atoms with van der Waals surface area (Å²) in [5.41, 5.74) is 16.9. The summed E-state index contributed by atoms with van der Waals surface area (Å²) in [6.07, 6.45) is 0. The van der Waals surface area contributed by atoms with E-state index in [-0.39, 0.29) is 0 Å². The van der Waals surface area contributed by atoms with Gasteiger partial charge in [-0.05, 0) is 88.0 Å². The molecule has 11 aromatic rings. The van der Waals surface area contributed by atoms with E-state index in [1.165, 1.54) is 0 Å². The summed E-state index contributed by atoms with van der Waals surface area (Å²) in [6.45, 7) is 7.81. The van der Waals surface area contributed by atoms with Gasteiger partial charge in [0.1, 0.15) is 0 Å². The molecule has 5 heteroatoms. The second-order valence-corrected chi connectivity index (χ2v) is 16.0. The predicted molar refractivity (Wildman–Crippen MR) is 265 cm³/mol. The fourth-order valence-electron chi connectivity index (χ4n) is 8.86. The van der Waals surface area contributed by atoms with E-state index >= 15 is 0 Å². The highest BCUT2D eigenvalue weighted by Crippen LogP contribution is 2.45. The summed E-state index contributed by atoms with van der Waals surface area (Å²) >= 11 is 0. The summed E-state index contributed by atoms with van der Waals surface area (Å²) in [6, 6.07) is 79.4. The third kappa shape index (κ3) is 7.30. The topological polar surface area (TPSA) is 58.9 Å². The monoisotopic (exact) mass is 827 g/mol. The van der Waals surface area contributed by atoms with Crippen LogP contribution < -0.4 is 0 Å². The van der Waals surface area contributed by atoms with Crippen LogP contribution in [0, 0.1) is 17.9 Å². The van der Waals surface area contributed by atoms with Crippen molar-refractivity contribution in [2.24, 2.45) is 0 Å². The molecule has 2 aromatic heterocycles. The molecule has 0 atom stereocenters. The van der Waals surface area contributed by atoms with Gasteiger partial charge in [-0.25, -0.2) is 14.8 Å². The van der Waals surface area contributed by atoms with E-state index in [0.717, 1.165) is 100 Å². The third-order valence-corrected chi connectivity index (χ3v) is 12.1. The first-order chi connectivity index (χ1) is 32.1. The molecular formula is C60H37N5. The van der Waals surface area contributed by atoms with Gasteiger partial charge in [0.05, 0.1) is 46.3 Å². The number of aromatic nitrogens is 3. The van der Waals surface area contributed by atoms with Crippen LogP contribution in [0.5, 0.6) is 0 Å². The molecular weight excluding hydrogens is 791 g/mol. The number of fused-ring (bicyclic) bond motifs is 3. The van der Waals surface area contributed by atoms with Crippen LogP contribution in [0.4, 0.5) is 5.69 Å². The van der Waals surface area contributed by atoms with Crippen molar-refractivity contribution in [1.29, 1.82) is 5.26 Å². The van der Waals surface area contributed by atoms with Crippen LogP contribution in [0.15, 0.2) is 224 Å². The Morgan fingerprint density at radius 1 is 0.400 bits per heavy atom. The van der Waals surface area contributed by atoms with Gasteiger partial charge in [-0.1, -0.05) is 170 Å². The van der Waals surface area contributed by atoms with E-state index in [1.807, 2.05) is 109 Å². The molecule has 2 heterocycles. The quantitative estimate of drug-likeness (QED) is 0.143. The largest absolute Gasteiger partial charge is 0.308 e.